The number of hydrogen-bond donors (Lipinski definition) is 3. The number of nitrogens with two attached hydrogens (primary N) is 1. The van der Waals surface area contributed by atoms with E-state index >= 15 is 0 Å². The van der Waals surface area contributed by atoms with Gasteiger partial charge in [-0.25, -0.2) is 9.55 Å². The molecule has 178 valence electrons. The summed E-state index contributed by atoms with van der Waals surface area (Å²) in [7, 11) is 0. The number of carboxylic acid groups (broad SMARTS) is 1. The van der Waals surface area contributed by atoms with Crippen LogP contribution in [0.2, 0.25) is 0 Å². The van der Waals surface area contributed by atoms with Gasteiger partial charge in [0, 0.05) is 28.2 Å². The number of carbonyl (C=O) groups excluding carboxylic acids is 3. The monoisotopic (exact) mass is 510 g/mol. The molecule has 2 amide bonds. The zero-order valence-electron chi connectivity index (χ0n) is 18.0. The second kappa shape index (κ2) is 9.00. The van der Waals surface area contributed by atoms with E-state index in [1.807, 2.05) is 47.3 Å². The SMILES string of the molecule is Nc1nc(/C(=N/O)C(=O)NC2C(=O)N3C(C(=O)[O-])=C(C[n+]4ccc5ccccc5c4)CS[C@H]23)cs1. The number of aromatic nitrogens is 2. The van der Waals surface area contributed by atoms with E-state index in [9.17, 15) is 24.7 Å². The summed E-state index contributed by atoms with van der Waals surface area (Å²) in [6.45, 7) is 0.265. The zero-order chi connectivity index (χ0) is 24.7. The summed E-state index contributed by atoms with van der Waals surface area (Å²) >= 11 is 2.39. The van der Waals surface area contributed by atoms with Crippen LogP contribution >= 0.6 is 23.1 Å². The van der Waals surface area contributed by atoms with Crippen LogP contribution in [0, 0.1) is 0 Å². The average molecular weight is 511 g/mol. The lowest BCUT2D eigenvalue weighted by molar-refractivity contribution is -0.687. The Labute approximate surface area is 206 Å². The fraction of sp³-hybridized carbons (Fsp3) is 0.182. The lowest BCUT2D eigenvalue weighted by atomic mass is 10.0. The number of pyridine rings is 1. The van der Waals surface area contributed by atoms with Gasteiger partial charge >= 0.3 is 0 Å². The first-order valence-electron chi connectivity index (χ1n) is 10.4. The van der Waals surface area contributed by atoms with Gasteiger partial charge < -0.3 is 26.2 Å². The van der Waals surface area contributed by atoms with E-state index in [0.717, 1.165) is 27.0 Å². The molecule has 2 aliphatic rings. The number of aliphatic carboxylic acids is 1. The van der Waals surface area contributed by atoms with Crippen LogP contribution in [0.25, 0.3) is 10.8 Å². The van der Waals surface area contributed by atoms with Gasteiger partial charge in [-0.1, -0.05) is 23.4 Å². The van der Waals surface area contributed by atoms with E-state index in [4.69, 9.17) is 5.73 Å². The predicted octanol–water partition coefficient (Wildman–Crippen LogP) is -0.552. The van der Waals surface area contributed by atoms with Crippen LogP contribution < -0.4 is 20.7 Å². The van der Waals surface area contributed by atoms with E-state index in [1.54, 1.807) is 0 Å². The molecule has 35 heavy (non-hydrogen) atoms. The van der Waals surface area contributed by atoms with E-state index in [1.165, 1.54) is 17.1 Å². The maximum Gasteiger partial charge on any atom is 0.276 e. The molecule has 2 aromatic heterocycles. The smallest absolute Gasteiger partial charge is 0.276 e. The van der Waals surface area contributed by atoms with Gasteiger partial charge in [0.05, 0.1) is 11.7 Å². The minimum atomic E-state index is -1.46. The number of amides is 2. The van der Waals surface area contributed by atoms with Crippen molar-refractivity contribution in [3.63, 3.8) is 0 Å². The van der Waals surface area contributed by atoms with Gasteiger partial charge in [0.15, 0.2) is 29.8 Å². The highest BCUT2D eigenvalue weighted by Gasteiger charge is 2.53. The lowest BCUT2D eigenvalue weighted by Gasteiger charge is -2.50. The average Bonchev–Trinajstić information content (AvgIpc) is 3.28. The van der Waals surface area contributed by atoms with Crippen molar-refractivity contribution in [2.24, 2.45) is 5.16 Å². The molecule has 0 radical (unpaired) electrons. The van der Waals surface area contributed by atoms with Crippen LogP contribution in [0.15, 0.2) is 64.5 Å². The molecule has 0 bridgehead atoms. The maximum atomic E-state index is 12.9. The van der Waals surface area contributed by atoms with Crippen LogP contribution in [0.1, 0.15) is 5.69 Å². The van der Waals surface area contributed by atoms with Crippen LogP contribution in [-0.2, 0) is 20.9 Å². The van der Waals surface area contributed by atoms with Gasteiger partial charge in [0.25, 0.3) is 11.8 Å². The number of anilines is 1. The number of benzene rings is 1. The molecule has 2 aliphatic heterocycles. The van der Waals surface area contributed by atoms with Crippen molar-refractivity contribution in [3.8, 4) is 0 Å². The first kappa shape index (κ1) is 22.8. The van der Waals surface area contributed by atoms with Gasteiger partial charge in [0.2, 0.25) is 0 Å². The summed E-state index contributed by atoms with van der Waals surface area (Å²) in [6, 6.07) is 8.74. The molecule has 5 rings (SSSR count). The molecule has 4 N–H and O–H groups in total. The van der Waals surface area contributed by atoms with Gasteiger partial charge in [-0.2, -0.15) is 0 Å². The number of nitrogens with one attached hydrogen (secondary N) is 1. The molecule has 0 saturated carbocycles. The number of nitrogen functional groups attached to an aromatic ring is 1. The fourth-order valence-corrected chi connectivity index (χ4v) is 5.99. The van der Waals surface area contributed by atoms with E-state index < -0.39 is 34.9 Å². The molecule has 1 saturated heterocycles. The van der Waals surface area contributed by atoms with E-state index in [2.05, 4.69) is 15.5 Å². The van der Waals surface area contributed by atoms with Gasteiger partial charge in [-0.15, -0.1) is 23.1 Å². The molecule has 1 fully saturated rings. The Hall–Kier alpha value is -3.97. The number of thioether (sulfide) groups is 1. The highest BCUT2D eigenvalue weighted by molar-refractivity contribution is 8.00. The predicted molar refractivity (Wildman–Crippen MR) is 126 cm³/mol. The van der Waals surface area contributed by atoms with Gasteiger partial charge in [0.1, 0.15) is 17.1 Å². The number of thiazole rings is 1. The van der Waals surface area contributed by atoms with Crippen molar-refractivity contribution in [2.45, 2.75) is 18.0 Å². The fourth-order valence-electron chi connectivity index (χ4n) is 4.11. The van der Waals surface area contributed by atoms with Crippen molar-refractivity contribution in [3.05, 3.63) is 65.1 Å². The second-order valence-corrected chi connectivity index (χ2v) is 9.86. The Kier molecular flexibility index (Phi) is 5.86. The Morgan fingerprint density at radius 3 is 2.77 bits per heavy atom. The molecular weight excluding hydrogens is 492 g/mol. The summed E-state index contributed by atoms with van der Waals surface area (Å²) in [5.74, 6) is -2.55. The second-order valence-electron chi connectivity index (χ2n) is 7.87. The minimum absolute atomic E-state index is 0.0671. The number of rotatable bonds is 6. The number of fused-ring (bicyclic) bond motifs is 2. The molecule has 0 aliphatic carbocycles. The van der Waals surface area contributed by atoms with E-state index in [-0.39, 0.29) is 23.1 Å². The molecule has 1 unspecified atom stereocenters. The van der Waals surface area contributed by atoms with E-state index in [0.29, 0.717) is 11.3 Å². The zero-order valence-corrected chi connectivity index (χ0v) is 19.6. The Morgan fingerprint density at radius 1 is 1.31 bits per heavy atom. The molecule has 2 atom stereocenters. The van der Waals surface area contributed by atoms with Crippen molar-refractivity contribution in [2.75, 3.05) is 11.5 Å². The lowest BCUT2D eigenvalue weighted by Crippen LogP contribution is -2.71. The van der Waals surface area contributed by atoms with Crippen molar-refractivity contribution < 1.29 is 29.3 Å². The number of β-lactam (4-membered cyclic amide) rings is 1. The summed E-state index contributed by atoms with van der Waals surface area (Å²) in [5.41, 5.74) is 5.58. The highest BCUT2D eigenvalue weighted by Crippen LogP contribution is 2.40. The molecule has 0 spiro atoms. The first-order valence-corrected chi connectivity index (χ1v) is 12.3. The summed E-state index contributed by atoms with van der Waals surface area (Å²) in [5, 5.41) is 29.8. The van der Waals surface area contributed by atoms with Gasteiger partial charge in [-0.05, 0) is 11.5 Å². The molecule has 11 nitrogen and oxygen atoms in total. The third kappa shape index (κ3) is 4.08. The Balaban J connectivity index is 1.36. The number of nitrogens with zero attached hydrogens (tertiary/aromatic N) is 4. The largest absolute Gasteiger partial charge is 0.543 e. The minimum Gasteiger partial charge on any atom is -0.543 e. The maximum absolute atomic E-state index is 12.9. The first-order chi connectivity index (χ1) is 16.9. The number of hydrogen-bond acceptors (Lipinski definition) is 10. The van der Waals surface area contributed by atoms with Crippen LogP contribution in [0.4, 0.5) is 5.13 Å². The van der Waals surface area contributed by atoms with Gasteiger partial charge in [-0.3, -0.25) is 14.5 Å². The molecule has 13 heteroatoms. The number of carboxylic acids is 1. The molecular formula is C22H18N6O5S2. The standard InChI is InChI=1S/C22H18N6O5S2/c23-22-24-14(10-35-22)15(26-33)18(29)25-16-19(30)28-17(21(31)32)13(9-34-20(16)28)8-27-6-5-11-3-1-2-4-12(11)7-27/h1-7,10,16,20H,8-9H2,(H4-,23,24,25,29,31,32,33)/t16?,20-/m1/s1. The Bertz CT molecular complexity index is 1430. The van der Waals surface area contributed by atoms with Crippen LogP contribution in [0.5, 0.6) is 0 Å². The van der Waals surface area contributed by atoms with Crippen molar-refractivity contribution in [1.82, 2.24) is 15.2 Å². The summed E-state index contributed by atoms with van der Waals surface area (Å²) in [4.78, 5) is 42.6. The third-order valence-corrected chi connectivity index (χ3v) is 7.74. The molecule has 1 aromatic carbocycles. The summed E-state index contributed by atoms with van der Waals surface area (Å²) in [6.07, 6.45) is 3.76. The van der Waals surface area contributed by atoms with Crippen LogP contribution in [-0.4, -0.2) is 55.8 Å². The molecule has 3 aromatic rings. The number of oxime groups is 1. The highest BCUT2D eigenvalue weighted by atomic mass is 32.2. The topological polar surface area (TPSA) is 165 Å². The van der Waals surface area contributed by atoms with Crippen molar-refractivity contribution >= 4 is 62.5 Å². The normalized spacial score (nSPS) is 19.9. The Morgan fingerprint density at radius 2 is 2.09 bits per heavy atom. The third-order valence-electron chi connectivity index (χ3n) is 5.73. The quantitative estimate of drug-likeness (QED) is 0.131. The number of carbonyl (C=O) groups is 3. The summed E-state index contributed by atoms with van der Waals surface area (Å²) < 4.78 is 1.86. The molecule has 4 heterocycles. The van der Waals surface area contributed by atoms with Crippen molar-refractivity contribution in [1.29, 1.82) is 0 Å². The van der Waals surface area contributed by atoms with Crippen LogP contribution in [0.3, 0.4) is 0 Å².